The van der Waals surface area contributed by atoms with Crippen LogP contribution in [0.25, 0.3) is 0 Å². The minimum Gasteiger partial charge on any atom is -0.349 e. The van der Waals surface area contributed by atoms with Crippen molar-refractivity contribution >= 4 is 23.6 Å². The van der Waals surface area contributed by atoms with Crippen LogP contribution in [0.5, 0.6) is 0 Å². The van der Waals surface area contributed by atoms with E-state index in [0.717, 1.165) is 42.6 Å². The zero-order valence-electron chi connectivity index (χ0n) is 16.0. The molecule has 6 heteroatoms. The molecule has 1 aromatic carbocycles. The number of hydrogen-bond donors (Lipinski definition) is 2. The molecule has 4 aliphatic carbocycles. The van der Waals surface area contributed by atoms with E-state index in [0.29, 0.717) is 12.2 Å². The molecule has 6 rings (SSSR count). The van der Waals surface area contributed by atoms with Gasteiger partial charge in [-0.05, 0) is 80.4 Å². The van der Waals surface area contributed by atoms with Crippen LogP contribution in [-0.2, 0) is 16.0 Å². The van der Waals surface area contributed by atoms with Crippen molar-refractivity contribution < 1.29 is 14.0 Å². The molecule has 2 amide bonds. The van der Waals surface area contributed by atoms with Gasteiger partial charge in [-0.2, -0.15) is 0 Å². The Morgan fingerprint density at radius 3 is 2.29 bits per heavy atom. The maximum Gasteiger partial charge on any atom is 0.243 e. The van der Waals surface area contributed by atoms with Crippen LogP contribution in [0.3, 0.4) is 0 Å². The zero-order chi connectivity index (χ0) is 19.3. The van der Waals surface area contributed by atoms with Gasteiger partial charge in [-0.1, -0.05) is 12.1 Å². The van der Waals surface area contributed by atoms with E-state index in [1.54, 1.807) is 12.1 Å². The Bertz CT molecular complexity index is 746. The van der Waals surface area contributed by atoms with Crippen molar-refractivity contribution in [3.63, 3.8) is 0 Å². The summed E-state index contributed by atoms with van der Waals surface area (Å²) in [6.45, 7) is 0. The quantitative estimate of drug-likeness (QED) is 0.814. The number of carbonyl (C=O) groups is 2. The molecule has 28 heavy (non-hydrogen) atoms. The molecule has 5 aliphatic rings. The summed E-state index contributed by atoms with van der Waals surface area (Å²) in [5.41, 5.74) is 0.914. The fraction of sp³-hybridized carbons (Fsp3) is 0.636. The van der Waals surface area contributed by atoms with Gasteiger partial charge in [-0.15, -0.1) is 11.8 Å². The number of rotatable bonds is 4. The van der Waals surface area contributed by atoms with Crippen molar-refractivity contribution in [2.75, 3.05) is 5.75 Å². The lowest BCUT2D eigenvalue weighted by Gasteiger charge is -2.57. The largest absolute Gasteiger partial charge is 0.349 e. The normalized spacial score (nSPS) is 38.9. The number of carbonyl (C=O) groups excluding carboxylic acids is 2. The van der Waals surface area contributed by atoms with E-state index < -0.39 is 6.04 Å². The first-order valence-electron chi connectivity index (χ1n) is 10.5. The average molecular weight is 403 g/mol. The van der Waals surface area contributed by atoms with Crippen molar-refractivity contribution in [3.05, 3.63) is 35.6 Å². The third kappa shape index (κ3) is 3.56. The van der Waals surface area contributed by atoms with Crippen LogP contribution in [0, 0.1) is 23.6 Å². The van der Waals surface area contributed by atoms with E-state index in [1.807, 2.05) is 0 Å². The van der Waals surface area contributed by atoms with Gasteiger partial charge in [0.05, 0.1) is 5.25 Å². The van der Waals surface area contributed by atoms with Crippen molar-refractivity contribution in [2.24, 2.45) is 17.8 Å². The van der Waals surface area contributed by atoms with Crippen molar-refractivity contribution in [1.82, 2.24) is 10.6 Å². The summed E-state index contributed by atoms with van der Waals surface area (Å²) in [6, 6.07) is 5.82. The van der Waals surface area contributed by atoms with Crippen LogP contribution in [0.15, 0.2) is 24.3 Å². The maximum absolute atomic E-state index is 13.1. The molecule has 0 radical (unpaired) electrons. The molecule has 0 unspecified atom stereocenters. The van der Waals surface area contributed by atoms with Gasteiger partial charge in [0.2, 0.25) is 11.8 Å². The molecule has 4 bridgehead atoms. The third-order valence-corrected chi connectivity index (χ3v) is 8.46. The average Bonchev–Trinajstić information content (AvgIpc) is 2.63. The Balaban J connectivity index is 1.19. The highest BCUT2D eigenvalue weighted by Crippen LogP contribution is 2.55. The Kier molecular flexibility index (Phi) is 4.65. The zero-order valence-corrected chi connectivity index (χ0v) is 16.8. The standard InChI is InChI=1S/C22H27FN2O2S/c23-17-3-1-13(2-4-17)8-19-21(27)24-18(12-28-19)20(26)25-22-9-14-5-15(10-22)7-16(6-14)11-22/h1-4,14-16,18-19H,5-12H2,(H,24,27)(H,25,26)/t14?,15?,16?,18-,19-,22?/m1/s1. The van der Waals surface area contributed by atoms with Gasteiger partial charge in [0.25, 0.3) is 0 Å². The molecule has 2 N–H and O–H groups in total. The van der Waals surface area contributed by atoms with Crippen molar-refractivity contribution in [2.45, 2.75) is 61.8 Å². The van der Waals surface area contributed by atoms with Crippen LogP contribution < -0.4 is 10.6 Å². The second-order valence-electron chi connectivity index (χ2n) is 9.40. The van der Waals surface area contributed by atoms with Crippen LogP contribution >= 0.6 is 11.8 Å². The highest BCUT2D eigenvalue weighted by atomic mass is 32.2. The SMILES string of the molecule is O=C(NC12CC3CC(CC(C3)C1)C2)[C@H]1CS[C@H](Cc2ccc(F)cc2)C(=O)N1. The molecule has 1 aliphatic heterocycles. The van der Waals surface area contributed by atoms with E-state index in [-0.39, 0.29) is 28.4 Å². The summed E-state index contributed by atoms with van der Waals surface area (Å²) in [5, 5.41) is 6.08. The third-order valence-electron chi connectivity index (χ3n) is 7.15. The van der Waals surface area contributed by atoms with E-state index in [1.165, 1.54) is 43.2 Å². The molecule has 2 atom stereocenters. The number of hydrogen-bond acceptors (Lipinski definition) is 3. The monoisotopic (exact) mass is 402 g/mol. The molecule has 5 fully saturated rings. The summed E-state index contributed by atoms with van der Waals surface area (Å²) in [4.78, 5) is 25.5. The highest BCUT2D eigenvalue weighted by molar-refractivity contribution is 8.00. The summed E-state index contributed by atoms with van der Waals surface area (Å²) in [5.74, 6) is 2.56. The predicted octanol–water partition coefficient (Wildman–Crippen LogP) is 3.05. The van der Waals surface area contributed by atoms with Gasteiger partial charge in [-0.3, -0.25) is 9.59 Å². The Morgan fingerprint density at radius 2 is 1.71 bits per heavy atom. The molecule has 1 aromatic rings. The maximum atomic E-state index is 13.1. The summed E-state index contributed by atoms with van der Waals surface area (Å²) < 4.78 is 13.1. The fourth-order valence-corrected chi connectivity index (χ4v) is 7.52. The first-order valence-corrected chi connectivity index (χ1v) is 11.5. The minimum absolute atomic E-state index is 0.0111. The summed E-state index contributed by atoms with van der Waals surface area (Å²) in [6.07, 6.45) is 7.94. The molecule has 0 aromatic heterocycles. The predicted molar refractivity (Wildman–Crippen MR) is 107 cm³/mol. The number of benzene rings is 1. The molecule has 150 valence electrons. The van der Waals surface area contributed by atoms with E-state index in [4.69, 9.17) is 0 Å². The molecule has 1 heterocycles. The van der Waals surface area contributed by atoms with Gasteiger partial charge in [0.1, 0.15) is 11.9 Å². The van der Waals surface area contributed by atoms with Crippen molar-refractivity contribution in [3.8, 4) is 0 Å². The van der Waals surface area contributed by atoms with E-state index >= 15 is 0 Å². The number of nitrogens with one attached hydrogen (secondary N) is 2. The highest BCUT2D eigenvalue weighted by Gasteiger charge is 2.52. The lowest BCUT2D eigenvalue weighted by atomic mass is 9.53. The molecule has 0 spiro atoms. The van der Waals surface area contributed by atoms with Crippen molar-refractivity contribution in [1.29, 1.82) is 0 Å². The number of amides is 2. The second-order valence-corrected chi connectivity index (χ2v) is 10.6. The first kappa shape index (κ1) is 18.5. The Morgan fingerprint density at radius 1 is 1.11 bits per heavy atom. The molecular formula is C22H27FN2O2S. The summed E-state index contributed by atoms with van der Waals surface area (Å²) >= 11 is 1.53. The molecular weight excluding hydrogens is 375 g/mol. The van der Waals surface area contributed by atoms with Gasteiger partial charge in [-0.25, -0.2) is 4.39 Å². The van der Waals surface area contributed by atoms with Gasteiger partial charge in [0.15, 0.2) is 0 Å². The van der Waals surface area contributed by atoms with E-state index in [9.17, 15) is 14.0 Å². The van der Waals surface area contributed by atoms with Gasteiger partial charge >= 0.3 is 0 Å². The molecule has 4 nitrogen and oxygen atoms in total. The second kappa shape index (κ2) is 7.05. The number of thioether (sulfide) groups is 1. The van der Waals surface area contributed by atoms with E-state index in [2.05, 4.69) is 10.6 Å². The number of halogens is 1. The van der Waals surface area contributed by atoms with Crippen LogP contribution in [0.1, 0.15) is 44.1 Å². The lowest BCUT2D eigenvalue weighted by Crippen LogP contribution is -2.64. The topological polar surface area (TPSA) is 58.2 Å². The molecule has 4 saturated carbocycles. The Hall–Kier alpha value is -1.56. The van der Waals surface area contributed by atoms with Crippen LogP contribution in [0.2, 0.25) is 0 Å². The van der Waals surface area contributed by atoms with Crippen LogP contribution in [0.4, 0.5) is 4.39 Å². The van der Waals surface area contributed by atoms with Gasteiger partial charge < -0.3 is 10.6 Å². The summed E-state index contributed by atoms with van der Waals surface area (Å²) in [7, 11) is 0. The minimum atomic E-state index is -0.449. The van der Waals surface area contributed by atoms with Crippen LogP contribution in [-0.4, -0.2) is 34.4 Å². The smallest absolute Gasteiger partial charge is 0.243 e. The first-order chi connectivity index (χ1) is 13.5. The Labute approximate surface area is 169 Å². The molecule has 1 saturated heterocycles. The van der Waals surface area contributed by atoms with Gasteiger partial charge in [0, 0.05) is 11.3 Å². The fourth-order valence-electron chi connectivity index (χ4n) is 6.33. The lowest BCUT2D eigenvalue weighted by molar-refractivity contribution is -0.132.